The molecule has 16 heavy (non-hydrogen) atoms. The Morgan fingerprint density at radius 3 is 2.88 bits per heavy atom. The van der Waals surface area contributed by atoms with Gasteiger partial charge in [0.1, 0.15) is 11.9 Å². The fourth-order valence-corrected chi connectivity index (χ4v) is 1.62. The van der Waals surface area contributed by atoms with Crippen LogP contribution < -0.4 is 0 Å². The van der Waals surface area contributed by atoms with Crippen molar-refractivity contribution in [2.24, 2.45) is 0 Å². The van der Waals surface area contributed by atoms with E-state index in [4.69, 9.17) is 9.47 Å². The topological polar surface area (TPSA) is 35.5 Å². The van der Waals surface area contributed by atoms with E-state index in [1.807, 2.05) is 0 Å². The molecule has 1 aromatic carbocycles. The highest BCUT2D eigenvalue weighted by Crippen LogP contribution is 2.14. The third kappa shape index (κ3) is 2.28. The van der Waals surface area contributed by atoms with Crippen LogP contribution in [0.4, 0.5) is 4.39 Å². The molecule has 4 heteroatoms. The van der Waals surface area contributed by atoms with Crippen LogP contribution >= 0.6 is 0 Å². The first-order valence-corrected chi connectivity index (χ1v) is 5.18. The van der Waals surface area contributed by atoms with Gasteiger partial charge in [-0.2, -0.15) is 0 Å². The Bertz CT molecular complexity index is 397. The Morgan fingerprint density at radius 2 is 2.25 bits per heavy atom. The van der Waals surface area contributed by atoms with E-state index in [1.165, 1.54) is 18.2 Å². The third-order valence-electron chi connectivity index (χ3n) is 2.55. The lowest BCUT2D eigenvalue weighted by atomic mass is 10.0. The summed E-state index contributed by atoms with van der Waals surface area (Å²) in [6, 6.07) is 4.31. The van der Waals surface area contributed by atoms with E-state index in [2.05, 4.69) is 0 Å². The summed E-state index contributed by atoms with van der Waals surface area (Å²) in [5.74, 6) is -0.458. The van der Waals surface area contributed by atoms with Gasteiger partial charge in [0.05, 0.1) is 19.8 Å². The van der Waals surface area contributed by atoms with Crippen LogP contribution in [0, 0.1) is 12.7 Å². The summed E-state index contributed by atoms with van der Waals surface area (Å²) < 4.78 is 23.5. The van der Waals surface area contributed by atoms with Crippen molar-refractivity contribution in [2.45, 2.75) is 13.0 Å². The largest absolute Gasteiger partial charge is 0.376 e. The average Bonchev–Trinajstić information content (AvgIpc) is 2.33. The number of aryl methyl sites for hydroxylation is 1. The SMILES string of the molecule is Cc1cc(C(=O)C2COCCO2)ccc1F. The molecular formula is C12H13FO3. The molecule has 0 amide bonds. The van der Waals surface area contributed by atoms with E-state index in [1.54, 1.807) is 6.92 Å². The summed E-state index contributed by atoms with van der Waals surface area (Å²) in [6.07, 6.45) is -0.557. The van der Waals surface area contributed by atoms with Crippen LogP contribution in [0.1, 0.15) is 15.9 Å². The highest BCUT2D eigenvalue weighted by molar-refractivity contribution is 5.99. The van der Waals surface area contributed by atoms with Crippen molar-refractivity contribution in [3.63, 3.8) is 0 Å². The molecule has 0 aromatic heterocycles. The van der Waals surface area contributed by atoms with E-state index >= 15 is 0 Å². The smallest absolute Gasteiger partial charge is 0.193 e. The second-order valence-corrected chi connectivity index (χ2v) is 3.76. The zero-order chi connectivity index (χ0) is 11.5. The number of hydrogen-bond acceptors (Lipinski definition) is 3. The minimum atomic E-state index is -0.557. The highest BCUT2D eigenvalue weighted by Gasteiger charge is 2.24. The maximum atomic E-state index is 13.0. The van der Waals surface area contributed by atoms with Gasteiger partial charge in [-0.05, 0) is 30.7 Å². The Labute approximate surface area is 93.2 Å². The van der Waals surface area contributed by atoms with Crippen LogP contribution in [0.25, 0.3) is 0 Å². The molecule has 0 bridgehead atoms. The summed E-state index contributed by atoms with van der Waals surface area (Å²) in [4.78, 5) is 11.9. The van der Waals surface area contributed by atoms with E-state index < -0.39 is 6.10 Å². The fourth-order valence-electron chi connectivity index (χ4n) is 1.62. The first-order valence-electron chi connectivity index (χ1n) is 5.18. The Balaban J connectivity index is 2.16. The molecule has 1 saturated heterocycles. The standard InChI is InChI=1S/C12H13FO3/c1-8-6-9(2-3-10(8)13)12(14)11-7-15-4-5-16-11/h2-3,6,11H,4-5,7H2,1H3. The lowest BCUT2D eigenvalue weighted by molar-refractivity contribution is -0.0719. The second-order valence-electron chi connectivity index (χ2n) is 3.76. The van der Waals surface area contributed by atoms with Gasteiger partial charge in [0, 0.05) is 5.56 Å². The zero-order valence-electron chi connectivity index (χ0n) is 9.03. The normalized spacial score (nSPS) is 20.8. The molecule has 0 spiro atoms. The predicted octanol–water partition coefficient (Wildman–Crippen LogP) is 1.73. The lowest BCUT2D eigenvalue weighted by Crippen LogP contribution is -2.35. The first kappa shape index (κ1) is 11.2. The van der Waals surface area contributed by atoms with E-state index in [9.17, 15) is 9.18 Å². The number of carbonyl (C=O) groups excluding carboxylic acids is 1. The van der Waals surface area contributed by atoms with Gasteiger partial charge < -0.3 is 9.47 Å². The van der Waals surface area contributed by atoms with Gasteiger partial charge in [-0.1, -0.05) is 0 Å². The van der Waals surface area contributed by atoms with Gasteiger partial charge in [-0.3, -0.25) is 4.79 Å². The van der Waals surface area contributed by atoms with Crippen molar-refractivity contribution >= 4 is 5.78 Å². The highest BCUT2D eigenvalue weighted by atomic mass is 19.1. The van der Waals surface area contributed by atoms with E-state index in [0.29, 0.717) is 24.3 Å². The maximum Gasteiger partial charge on any atom is 0.193 e. The van der Waals surface area contributed by atoms with Gasteiger partial charge in [0.2, 0.25) is 0 Å². The van der Waals surface area contributed by atoms with Crippen molar-refractivity contribution in [1.82, 2.24) is 0 Å². The number of halogens is 1. The summed E-state index contributed by atoms with van der Waals surface area (Å²) in [7, 11) is 0. The molecule has 1 atom stereocenters. The molecule has 1 aliphatic heterocycles. The molecular weight excluding hydrogens is 211 g/mol. The Hall–Kier alpha value is -1.26. The second kappa shape index (κ2) is 4.72. The van der Waals surface area contributed by atoms with Crippen molar-refractivity contribution in [3.8, 4) is 0 Å². The van der Waals surface area contributed by atoms with Crippen LogP contribution in [-0.2, 0) is 9.47 Å². The number of carbonyl (C=O) groups is 1. The van der Waals surface area contributed by atoms with Crippen LogP contribution in [0.3, 0.4) is 0 Å². The minimum absolute atomic E-state index is 0.150. The number of ether oxygens (including phenoxy) is 2. The van der Waals surface area contributed by atoms with Gasteiger partial charge in [-0.15, -0.1) is 0 Å². The van der Waals surface area contributed by atoms with Crippen LogP contribution in [0.15, 0.2) is 18.2 Å². The van der Waals surface area contributed by atoms with Crippen molar-refractivity contribution in [3.05, 3.63) is 35.1 Å². The molecule has 1 aromatic rings. The monoisotopic (exact) mass is 224 g/mol. The zero-order valence-corrected chi connectivity index (χ0v) is 9.03. The number of Topliss-reactive ketones (excluding diaryl/α,β-unsaturated/α-hetero) is 1. The predicted molar refractivity (Wildman–Crippen MR) is 56.0 cm³/mol. The Morgan fingerprint density at radius 1 is 1.44 bits per heavy atom. The lowest BCUT2D eigenvalue weighted by Gasteiger charge is -2.21. The molecule has 1 fully saturated rings. The first-order chi connectivity index (χ1) is 7.68. The minimum Gasteiger partial charge on any atom is -0.376 e. The summed E-state index contributed by atoms with van der Waals surface area (Å²) in [6.45, 7) is 2.85. The summed E-state index contributed by atoms with van der Waals surface area (Å²) >= 11 is 0. The average molecular weight is 224 g/mol. The van der Waals surface area contributed by atoms with Gasteiger partial charge in [0.25, 0.3) is 0 Å². The molecule has 2 rings (SSSR count). The van der Waals surface area contributed by atoms with Gasteiger partial charge in [0.15, 0.2) is 5.78 Å². The molecule has 86 valence electrons. The molecule has 1 aliphatic rings. The number of hydrogen-bond donors (Lipinski definition) is 0. The Kier molecular flexibility index (Phi) is 3.31. The number of rotatable bonds is 2. The number of benzene rings is 1. The van der Waals surface area contributed by atoms with E-state index in [0.717, 1.165) is 0 Å². The van der Waals surface area contributed by atoms with Gasteiger partial charge in [-0.25, -0.2) is 4.39 Å². The van der Waals surface area contributed by atoms with Crippen LogP contribution in [0.5, 0.6) is 0 Å². The van der Waals surface area contributed by atoms with Crippen molar-refractivity contribution < 1.29 is 18.7 Å². The summed E-state index contributed by atoms with van der Waals surface area (Å²) in [5.41, 5.74) is 0.928. The molecule has 0 N–H and O–H groups in total. The van der Waals surface area contributed by atoms with E-state index in [-0.39, 0.29) is 18.2 Å². The molecule has 1 unspecified atom stereocenters. The quantitative estimate of drug-likeness (QED) is 0.718. The number of ketones is 1. The fraction of sp³-hybridized carbons (Fsp3) is 0.417. The van der Waals surface area contributed by atoms with Crippen LogP contribution in [-0.4, -0.2) is 31.7 Å². The van der Waals surface area contributed by atoms with Gasteiger partial charge >= 0.3 is 0 Å². The third-order valence-corrected chi connectivity index (χ3v) is 2.55. The molecule has 1 heterocycles. The van der Waals surface area contributed by atoms with Crippen molar-refractivity contribution in [1.29, 1.82) is 0 Å². The van der Waals surface area contributed by atoms with Crippen molar-refractivity contribution in [2.75, 3.05) is 19.8 Å². The molecule has 0 aliphatic carbocycles. The molecule has 0 radical (unpaired) electrons. The molecule has 3 nitrogen and oxygen atoms in total. The summed E-state index contributed by atoms with van der Waals surface area (Å²) in [5, 5.41) is 0. The van der Waals surface area contributed by atoms with Crippen LogP contribution in [0.2, 0.25) is 0 Å². The maximum absolute atomic E-state index is 13.0. The molecule has 0 saturated carbocycles.